The van der Waals surface area contributed by atoms with Gasteiger partial charge in [-0.1, -0.05) is 76.2 Å². The van der Waals surface area contributed by atoms with Gasteiger partial charge in [0.25, 0.3) is 0 Å². The molecular formula is C38H44O6. The van der Waals surface area contributed by atoms with Crippen LogP contribution in [-0.2, 0) is 15.6 Å². The highest BCUT2D eigenvalue weighted by Gasteiger charge is 2.32. The molecule has 0 spiro atoms. The van der Waals surface area contributed by atoms with Gasteiger partial charge in [-0.3, -0.25) is 0 Å². The van der Waals surface area contributed by atoms with Gasteiger partial charge < -0.3 is 29.2 Å². The van der Waals surface area contributed by atoms with E-state index < -0.39 is 11.7 Å². The smallest absolute Gasteiger partial charge is 0.132 e. The first kappa shape index (κ1) is 31.4. The molecule has 0 bridgehead atoms. The van der Waals surface area contributed by atoms with Crippen molar-refractivity contribution in [3.05, 3.63) is 119 Å². The highest BCUT2D eigenvalue weighted by Crippen LogP contribution is 2.35. The van der Waals surface area contributed by atoms with Crippen molar-refractivity contribution in [1.29, 1.82) is 0 Å². The number of rotatable bonds is 13. The number of phenols is 1. The summed E-state index contributed by atoms with van der Waals surface area (Å²) < 4.78 is 23.2. The van der Waals surface area contributed by atoms with E-state index in [-0.39, 0.29) is 29.3 Å². The SMILES string of the molecule is CC(C)(c1ccc(O)cc1)c1ccc(OCC(O)C(C)(C)Oc2ccc(C(C)(C)c3ccc(OCC4CO4)cc3)cc2)cc1. The molecule has 4 aromatic rings. The van der Waals surface area contributed by atoms with Crippen LogP contribution in [0.25, 0.3) is 0 Å². The lowest BCUT2D eigenvalue weighted by Gasteiger charge is -2.32. The Kier molecular flexibility index (Phi) is 8.96. The van der Waals surface area contributed by atoms with Gasteiger partial charge in [-0.05, 0) is 84.6 Å². The molecule has 0 amide bonds. The Balaban J connectivity index is 1.15. The van der Waals surface area contributed by atoms with Gasteiger partial charge in [0.05, 0.1) is 6.61 Å². The molecule has 1 fully saturated rings. The molecule has 2 N–H and O–H groups in total. The fourth-order valence-electron chi connectivity index (χ4n) is 5.19. The molecule has 232 valence electrons. The number of phenolic OH excluding ortho intramolecular Hbond substituents is 1. The van der Waals surface area contributed by atoms with Crippen LogP contribution in [0.3, 0.4) is 0 Å². The van der Waals surface area contributed by atoms with Crippen molar-refractivity contribution in [3.8, 4) is 23.0 Å². The van der Waals surface area contributed by atoms with E-state index >= 15 is 0 Å². The third-order valence-electron chi connectivity index (χ3n) is 8.75. The molecule has 6 heteroatoms. The lowest BCUT2D eigenvalue weighted by Crippen LogP contribution is -2.45. The van der Waals surface area contributed by atoms with Crippen LogP contribution >= 0.6 is 0 Å². The number of benzene rings is 4. The minimum atomic E-state index is -0.876. The first-order chi connectivity index (χ1) is 20.8. The molecule has 5 rings (SSSR count). The zero-order valence-electron chi connectivity index (χ0n) is 26.5. The molecule has 0 saturated carbocycles. The second-order valence-corrected chi connectivity index (χ2v) is 13.2. The van der Waals surface area contributed by atoms with E-state index in [1.165, 1.54) is 5.56 Å². The fourth-order valence-corrected chi connectivity index (χ4v) is 5.19. The Labute approximate surface area is 261 Å². The molecule has 44 heavy (non-hydrogen) atoms. The molecule has 4 aromatic carbocycles. The summed E-state index contributed by atoms with van der Waals surface area (Å²) in [5, 5.41) is 20.6. The summed E-state index contributed by atoms with van der Waals surface area (Å²) in [6.45, 7) is 13.9. The summed E-state index contributed by atoms with van der Waals surface area (Å²) in [5.41, 5.74) is 3.24. The third kappa shape index (κ3) is 7.37. The average molecular weight is 597 g/mol. The molecule has 1 saturated heterocycles. The van der Waals surface area contributed by atoms with Crippen LogP contribution in [0.15, 0.2) is 97.1 Å². The van der Waals surface area contributed by atoms with Gasteiger partial charge in [0, 0.05) is 10.8 Å². The number of epoxide rings is 1. The maximum absolute atomic E-state index is 11.0. The monoisotopic (exact) mass is 596 g/mol. The minimum absolute atomic E-state index is 0.0895. The maximum Gasteiger partial charge on any atom is 0.132 e. The number of aliphatic hydroxyl groups excluding tert-OH is 1. The summed E-state index contributed by atoms with van der Waals surface area (Å²) >= 11 is 0. The summed E-state index contributed by atoms with van der Waals surface area (Å²) in [6, 6.07) is 31.5. The first-order valence-electron chi connectivity index (χ1n) is 15.2. The number of hydrogen-bond acceptors (Lipinski definition) is 6. The summed E-state index contributed by atoms with van der Waals surface area (Å²) in [5.74, 6) is 2.46. The van der Waals surface area contributed by atoms with Crippen LogP contribution in [0, 0.1) is 0 Å². The third-order valence-corrected chi connectivity index (χ3v) is 8.75. The predicted molar refractivity (Wildman–Crippen MR) is 173 cm³/mol. The molecule has 1 aliphatic rings. The van der Waals surface area contributed by atoms with Crippen LogP contribution in [0.1, 0.15) is 63.8 Å². The summed E-state index contributed by atoms with van der Waals surface area (Å²) in [6.07, 6.45) is -0.626. The Hall–Kier alpha value is -4.00. The number of hydrogen-bond donors (Lipinski definition) is 2. The largest absolute Gasteiger partial charge is 0.508 e. The first-order valence-corrected chi connectivity index (χ1v) is 15.2. The second kappa shape index (κ2) is 12.5. The highest BCUT2D eigenvalue weighted by molar-refractivity contribution is 5.43. The Bertz CT molecular complexity index is 1500. The van der Waals surface area contributed by atoms with Crippen molar-refractivity contribution in [2.75, 3.05) is 19.8 Å². The average Bonchev–Trinajstić information content (AvgIpc) is 3.84. The van der Waals surface area contributed by atoms with Crippen molar-refractivity contribution >= 4 is 0 Å². The standard InChI is InChI=1S/C38H44O6/c1-36(2,26-7-15-30(39)16-8-26)27-11-19-32(20-12-27)43-25-35(40)38(5,6)44-33-21-13-29(14-22-33)37(3,4)28-9-17-31(18-10-28)41-23-34-24-42-34/h7-22,34-35,39-40H,23-25H2,1-6H3. The van der Waals surface area contributed by atoms with Gasteiger partial charge >= 0.3 is 0 Å². The predicted octanol–water partition coefficient (Wildman–Crippen LogP) is 7.42. The number of aromatic hydroxyl groups is 1. The van der Waals surface area contributed by atoms with Gasteiger partial charge in [0.15, 0.2) is 0 Å². The molecule has 1 heterocycles. The van der Waals surface area contributed by atoms with Crippen LogP contribution < -0.4 is 14.2 Å². The zero-order chi connectivity index (χ0) is 31.5. The van der Waals surface area contributed by atoms with E-state index in [0.717, 1.165) is 29.0 Å². The van der Waals surface area contributed by atoms with Crippen LogP contribution in [0.2, 0.25) is 0 Å². The molecular weight excluding hydrogens is 552 g/mol. The number of aliphatic hydroxyl groups is 1. The van der Waals surface area contributed by atoms with Crippen LogP contribution in [-0.4, -0.2) is 47.8 Å². The quantitative estimate of drug-likeness (QED) is 0.156. The van der Waals surface area contributed by atoms with Crippen molar-refractivity contribution in [3.63, 3.8) is 0 Å². The fraction of sp³-hybridized carbons (Fsp3) is 0.368. The van der Waals surface area contributed by atoms with Crippen LogP contribution in [0.4, 0.5) is 0 Å². The molecule has 0 aliphatic carbocycles. The van der Waals surface area contributed by atoms with Crippen LogP contribution in [0.5, 0.6) is 23.0 Å². The minimum Gasteiger partial charge on any atom is -0.508 e. The van der Waals surface area contributed by atoms with E-state index in [2.05, 4.69) is 52.0 Å². The zero-order valence-corrected chi connectivity index (χ0v) is 26.5. The van der Waals surface area contributed by atoms with Gasteiger partial charge in [0.2, 0.25) is 0 Å². The Morgan fingerprint density at radius 2 is 1.02 bits per heavy atom. The molecule has 1 aliphatic heterocycles. The normalized spacial score (nSPS) is 15.8. The molecule has 2 atom stereocenters. The lowest BCUT2D eigenvalue weighted by atomic mass is 9.78. The van der Waals surface area contributed by atoms with Crippen molar-refractivity contribution in [2.45, 2.75) is 70.2 Å². The Morgan fingerprint density at radius 3 is 1.45 bits per heavy atom. The van der Waals surface area contributed by atoms with E-state index in [0.29, 0.717) is 18.1 Å². The van der Waals surface area contributed by atoms with E-state index in [9.17, 15) is 10.2 Å². The molecule has 6 nitrogen and oxygen atoms in total. The molecule has 0 aromatic heterocycles. The van der Waals surface area contributed by atoms with E-state index in [1.54, 1.807) is 12.1 Å². The van der Waals surface area contributed by atoms with Crippen molar-refractivity contribution in [1.82, 2.24) is 0 Å². The van der Waals surface area contributed by atoms with Gasteiger partial charge in [-0.2, -0.15) is 0 Å². The summed E-state index contributed by atoms with van der Waals surface area (Å²) in [4.78, 5) is 0. The van der Waals surface area contributed by atoms with E-state index in [4.69, 9.17) is 18.9 Å². The Morgan fingerprint density at radius 1 is 0.636 bits per heavy atom. The van der Waals surface area contributed by atoms with Gasteiger partial charge in [-0.25, -0.2) is 0 Å². The van der Waals surface area contributed by atoms with E-state index in [1.807, 2.05) is 74.5 Å². The van der Waals surface area contributed by atoms with Crippen molar-refractivity contribution < 1.29 is 29.2 Å². The van der Waals surface area contributed by atoms with Gasteiger partial charge in [-0.15, -0.1) is 0 Å². The molecule has 0 radical (unpaired) electrons. The topological polar surface area (TPSA) is 80.7 Å². The maximum atomic E-state index is 11.0. The summed E-state index contributed by atoms with van der Waals surface area (Å²) in [7, 11) is 0. The van der Waals surface area contributed by atoms with Gasteiger partial charge in [0.1, 0.15) is 54.0 Å². The second-order valence-electron chi connectivity index (χ2n) is 13.2. The lowest BCUT2D eigenvalue weighted by molar-refractivity contribution is -0.0492. The van der Waals surface area contributed by atoms with Crippen molar-refractivity contribution in [2.24, 2.45) is 0 Å². The highest BCUT2D eigenvalue weighted by atomic mass is 16.6. The number of ether oxygens (including phenoxy) is 4. The molecule has 2 unspecified atom stereocenters.